The molecule has 0 aliphatic carbocycles. The van der Waals surface area contributed by atoms with E-state index in [9.17, 15) is 14.1 Å². The Hall–Kier alpha value is -3.22. The molecule has 2 N–H and O–H groups in total. The second-order valence-corrected chi connectivity index (χ2v) is 9.88. The highest BCUT2D eigenvalue weighted by atomic mass is 32.2. The minimum atomic E-state index is -0.405. The molecule has 1 amide bonds. The van der Waals surface area contributed by atoms with Crippen LogP contribution in [0.4, 0.5) is 10.2 Å². The molecule has 2 atom stereocenters. The van der Waals surface area contributed by atoms with Crippen molar-refractivity contribution >= 4 is 34.5 Å². The number of aromatic nitrogens is 3. The maximum Gasteiger partial charge on any atom is 0.235 e. The number of hydrogen-bond donors (Lipinski definition) is 2. The van der Waals surface area contributed by atoms with Crippen molar-refractivity contribution in [3.8, 4) is 5.88 Å². The summed E-state index contributed by atoms with van der Waals surface area (Å²) in [6, 6.07) is 7.01. The van der Waals surface area contributed by atoms with Crippen molar-refractivity contribution in [2.45, 2.75) is 23.9 Å². The van der Waals surface area contributed by atoms with Crippen LogP contribution in [0.1, 0.15) is 11.3 Å². The standard InChI is InChI=1S/C24H26FN7O3S/c1-35-22-5-3-18-23(30-22)16(17(25)10-27-18)6-7-32-11-14(19(12-32)31-34)8-26-9-15-2-4-20-24(28-15)29-21(33)13-36-20/h2-5,10,14,19,26H,6-9,11-13H2,1H3,(H,28,29,33)/t14-,19?/m0/s1. The van der Waals surface area contributed by atoms with Crippen molar-refractivity contribution in [3.05, 3.63) is 52.4 Å². The quantitative estimate of drug-likeness (QED) is 0.418. The molecule has 0 bridgehead atoms. The summed E-state index contributed by atoms with van der Waals surface area (Å²) in [6.45, 7) is 2.88. The number of methoxy groups -OCH3 is 1. The van der Waals surface area contributed by atoms with Gasteiger partial charge in [-0.25, -0.2) is 14.4 Å². The van der Waals surface area contributed by atoms with E-state index < -0.39 is 5.82 Å². The predicted molar refractivity (Wildman–Crippen MR) is 135 cm³/mol. The highest BCUT2D eigenvalue weighted by Crippen LogP contribution is 2.30. The van der Waals surface area contributed by atoms with E-state index in [1.165, 1.54) is 25.1 Å². The van der Waals surface area contributed by atoms with Crippen LogP contribution < -0.4 is 15.4 Å². The van der Waals surface area contributed by atoms with E-state index in [4.69, 9.17) is 4.74 Å². The fourth-order valence-corrected chi connectivity index (χ4v) is 5.39. The summed E-state index contributed by atoms with van der Waals surface area (Å²) in [6.07, 6.45) is 1.65. The number of ether oxygens (including phenoxy) is 1. The lowest BCUT2D eigenvalue weighted by Crippen LogP contribution is -2.30. The van der Waals surface area contributed by atoms with E-state index in [1.54, 1.807) is 12.1 Å². The molecule has 0 radical (unpaired) electrons. The van der Waals surface area contributed by atoms with Gasteiger partial charge in [0.05, 0.1) is 40.7 Å². The minimum absolute atomic E-state index is 0.0348. The van der Waals surface area contributed by atoms with Crippen molar-refractivity contribution in [1.29, 1.82) is 0 Å². The van der Waals surface area contributed by atoms with E-state index in [1.807, 2.05) is 12.1 Å². The maximum atomic E-state index is 14.6. The van der Waals surface area contributed by atoms with Crippen LogP contribution in [0.15, 0.2) is 40.5 Å². The van der Waals surface area contributed by atoms with Crippen LogP contribution in [-0.2, 0) is 17.8 Å². The van der Waals surface area contributed by atoms with Crippen molar-refractivity contribution in [1.82, 2.24) is 25.2 Å². The predicted octanol–water partition coefficient (Wildman–Crippen LogP) is 2.62. The number of amides is 1. The molecule has 5 heterocycles. The molecule has 2 aliphatic rings. The van der Waals surface area contributed by atoms with Gasteiger partial charge in [0, 0.05) is 50.3 Å². The van der Waals surface area contributed by atoms with Gasteiger partial charge in [-0.2, -0.15) is 4.91 Å². The van der Waals surface area contributed by atoms with Crippen LogP contribution >= 0.6 is 11.8 Å². The number of nitrogens with zero attached hydrogens (tertiary/aromatic N) is 5. The van der Waals surface area contributed by atoms with Crippen LogP contribution in [0.3, 0.4) is 0 Å². The summed E-state index contributed by atoms with van der Waals surface area (Å²) in [5.74, 6) is 0.983. The number of thioether (sulfide) groups is 1. The number of carbonyl (C=O) groups excluding carboxylic acids is 1. The molecule has 1 saturated heterocycles. The van der Waals surface area contributed by atoms with E-state index in [-0.39, 0.29) is 17.9 Å². The van der Waals surface area contributed by atoms with E-state index in [0.717, 1.165) is 10.6 Å². The van der Waals surface area contributed by atoms with E-state index >= 15 is 0 Å². The summed E-state index contributed by atoms with van der Waals surface area (Å²) in [5, 5.41) is 9.51. The molecule has 1 fully saturated rings. The summed E-state index contributed by atoms with van der Waals surface area (Å²) in [7, 11) is 1.52. The van der Waals surface area contributed by atoms with Crippen molar-refractivity contribution in [2.75, 3.05) is 44.4 Å². The van der Waals surface area contributed by atoms with Crippen LogP contribution in [0.25, 0.3) is 11.0 Å². The highest BCUT2D eigenvalue weighted by molar-refractivity contribution is 8.00. The van der Waals surface area contributed by atoms with E-state index in [0.29, 0.717) is 73.2 Å². The fourth-order valence-electron chi connectivity index (χ4n) is 4.63. The molecule has 0 spiro atoms. The first-order valence-electron chi connectivity index (χ1n) is 11.7. The average molecular weight is 512 g/mol. The lowest BCUT2D eigenvalue weighted by Gasteiger charge is -2.17. The van der Waals surface area contributed by atoms with Crippen LogP contribution in [0.5, 0.6) is 5.88 Å². The zero-order valence-corrected chi connectivity index (χ0v) is 20.6. The second kappa shape index (κ2) is 10.8. The third kappa shape index (κ3) is 5.30. The Labute approximate surface area is 211 Å². The second-order valence-electron chi connectivity index (χ2n) is 8.87. The normalized spacial score (nSPS) is 19.8. The highest BCUT2D eigenvalue weighted by Gasteiger charge is 2.33. The molecule has 0 aromatic carbocycles. The minimum Gasteiger partial charge on any atom is -0.481 e. The SMILES string of the molecule is COc1ccc2ncc(F)c(CCN3CC(N=O)[C@@H](CNCc4ccc5c(n4)NC(=O)CS5)C3)c2n1. The monoisotopic (exact) mass is 511 g/mol. The molecular formula is C24H26FN7O3S. The topological polar surface area (TPSA) is 122 Å². The largest absolute Gasteiger partial charge is 0.481 e. The van der Waals surface area contributed by atoms with Gasteiger partial charge in [-0.3, -0.25) is 9.78 Å². The van der Waals surface area contributed by atoms with Crippen molar-refractivity contribution < 1.29 is 13.9 Å². The Balaban J connectivity index is 1.18. The molecule has 2 aliphatic heterocycles. The fraction of sp³-hybridized carbons (Fsp3) is 0.417. The first-order valence-corrected chi connectivity index (χ1v) is 12.7. The van der Waals surface area contributed by atoms with Gasteiger partial charge < -0.3 is 20.3 Å². The lowest BCUT2D eigenvalue weighted by molar-refractivity contribution is -0.113. The third-order valence-electron chi connectivity index (χ3n) is 6.49. The van der Waals surface area contributed by atoms with Gasteiger partial charge in [0.15, 0.2) is 0 Å². The number of nitroso groups, excluding NO2 is 1. The zero-order valence-electron chi connectivity index (χ0n) is 19.7. The molecule has 10 nitrogen and oxygen atoms in total. The number of rotatable bonds is 9. The van der Waals surface area contributed by atoms with Crippen LogP contribution in [0.2, 0.25) is 0 Å². The molecular weight excluding hydrogens is 485 g/mol. The molecule has 3 aromatic heterocycles. The van der Waals surface area contributed by atoms with Gasteiger partial charge >= 0.3 is 0 Å². The Morgan fingerprint density at radius 3 is 3.00 bits per heavy atom. The number of halogens is 1. The van der Waals surface area contributed by atoms with Gasteiger partial charge in [-0.15, -0.1) is 11.8 Å². The third-order valence-corrected chi connectivity index (χ3v) is 7.54. The molecule has 36 heavy (non-hydrogen) atoms. The van der Waals surface area contributed by atoms with Crippen molar-refractivity contribution in [3.63, 3.8) is 0 Å². The summed E-state index contributed by atoms with van der Waals surface area (Å²) >= 11 is 1.47. The smallest absolute Gasteiger partial charge is 0.235 e. The van der Waals surface area contributed by atoms with Gasteiger partial charge in [-0.1, -0.05) is 5.18 Å². The number of hydrogen-bond acceptors (Lipinski definition) is 10. The lowest BCUT2D eigenvalue weighted by atomic mass is 10.1. The molecule has 0 saturated carbocycles. The Morgan fingerprint density at radius 2 is 2.17 bits per heavy atom. The summed E-state index contributed by atoms with van der Waals surface area (Å²) < 4.78 is 19.8. The van der Waals surface area contributed by atoms with Gasteiger partial charge in [-0.05, 0) is 24.6 Å². The number of nitrogens with one attached hydrogen (secondary N) is 2. The van der Waals surface area contributed by atoms with Crippen LogP contribution in [0, 0.1) is 16.6 Å². The summed E-state index contributed by atoms with van der Waals surface area (Å²) in [5.41, 5.74) is 2.39. The number of carbonyl (C=O) groups is 1. The van der Waals surface area contributed by atoms with Gasteiger partial charge in [0.25, 0.3) is 0 Å². The van der Waals surface area contributed by atoms with Gasteiger partial charge in [0.1, 0.15) is 17.7 Å². The first kappa shape index (κ1) is 24.5. The molecule has 1 unspecified atom stereocenters. The zero-order chi connectivity index (χ0) is 25.1. The molecule has 5 rings (SSSR count). The maximum absolute atomic E-state index is 14.6. The Morgan fingerprint density at radius 1 is 1.28 bits per heavy atom. The Bertz CT molecular complexity index is 1290. The van der Waals surface area contributed by atoms with Crippen molar-refractivity contribution in [2.24, 2.45) is 11.1 Å². The molecule has 188 valence electrons. The number of anilines is 1. The summed E-state index contributed by atoms with van der Waals surface area (Å²) in [4.78, 5) is 39.3. The van der Waals surface area contributed by atoms with Gasteiger partial charge in [0.2, 0.25) is 11.8 Å². The number of fused-ring (bicyclic) bond motifs is 2. The van der Waals surface area contributed by atoms with Crippen LogP contribution in [-0.4, -0.2) is 70.8 Å². The molecule has 3 aromatic rings. The Kier molecular flexibility index (Phi) is 7.35. The molecule has 12 heteroatoms. The first-order chi connectivity index (χ1) is 17.5. The number of likely N-dealkylation sites (tertiary alicyclic amines) is 1. The number of pyridine rings is 3. The average Bonchev–Trinajstić information content (AvgIpc) is 3.29. The van der Waals surface area contributed by atoms with E-state index in [2.05, 4.69) is 35.7 Å².